The van der Waals surface area contributed by atoms with Crippen molar-refractivity contribution in [2.75, 3.05) is 6.54 Å². The Balaban J connectivity index is 2.23. The lowest BCUT2D eigenvalue weighted by Gasteiger charge is -2.16. The Bertz CT molecular complexity index is 555. The van der Waals surface area contributed by atoms with Crippen molar-refractivity contribution in [3.05, 3.63) is 68.4 Å². The van der Waals surface area contributed by atoms with Crippen molar-refractivity contribution in [2.24, 2.45) is 5.73 Å². The van der Waals surface area contributed by atoms with Crippen LogP contribution in [0.2, 0.25) is 0 Å². The summed E-state index contributed by atoms with van der Waals surface area (Å²) in [4.78, 5) is 0. The van der Waals surface area contributed by atoms with Gasteiger partial charge in [-0.3, -0.25) is 0 Å². The molecule has 0 aliphatic carbocycles. The first-order valence-corrected chi connectivity index (χ1v) is 7.58. The van der Waals surface area contributed by atoms with Gasteiger partial charge in [0.15, 0.2) is 0 Å². The van der Waals surface area contributed by atoms with Gasteiger partial charge in [0.25, 0.3) is 0 Å². The average molecular weight is 387 g/mol. The second-order valence-corrected chi connectivity index (χ2v) is 6.19. The van der Waals surface area contributed by atoms with E-state index < -0.39 is 0 Å². The third kappa shape index (κ3) is 3.88. The molecule has 1 unspecified atom stereocenters. The van der Waals surface area contributed by atoms with E-state index in [1.54, 1.807) is 12.1 Å². The first kappa shape index (κ1) is 14.7. The normalized spacial score (nSPS) is 12.4. The fourth-order valence-corrected chi connectivity index (χ4v) is 2.71. The second-order valence-electron chi connectivity index (χ2n) is 4.42. The van der Waals surface area contributed by atoms with Crippen LogP contribution in [0, 0.1) is 5.82 Å². The zero-order chi connectivity index (χ0) is 13.8. The molecule has 2 rings (SSSR count). The van der Waals surface area contributed by atoms with E-state index in [1.165, 1.54) is 11.6 Å². The SMILES string of the molecule is NCC(Cc1cc(F)ccc1Br)c1ccc(Br)cc1. The molecule has 0 spiro atoms. The minimum absolute atomic E-state index is 0.186. The van der Waals surface area contributed by atoms with Gasteiger partial charge in [-0.1, -0.05) is 44.0 Å². The molecule has 0 bridgehead atoms. The lowest BCUT2D eigenvalue weighted by Crippen LogP contribution is -2.15. The molecule has 2 aromatic carbocycles. The Labute approximate surface area is 129 Å². The summed E-state index contributed by atoms with van der Waals surface area (Å²) in [5.41, 5.74) is 7.97. The van der Waals surface area contributed by atoms with E-state index in [0.717, 1.165) is 20.9 Å². The molecule has 0 heterocycles. The van der Waals surface area contributed by atoms with E-state index in [1.807, 2.05) is 12.1 Å². The van der Waals surface area contributed by atoms with E-state index in [9.17, 15) is 4.39 Å². The van der Waals surface area contributed by atoms with Crippen LogP contribution >= 0.6 is 31.9 Å². The zero-order valence-electron chi connectivity index (χ0n) is 10.2. The molecule has 2 aromatic rings. The van der Waals surface area contributed by atoms with Crippen LogP contribution in [-0.2, 0) is 6.42 Å². The van der Waals surface area contributed by atoms with Gasteiger partial charge in [0.05, 0.1) is 0 Å². The van der Waals surface area contributed by atoms with Crippen LogP contribution in [0.15, 0.2) is 51.4 Å². The number of hydrogen-bond acceptors (Lipinski definition) is 1. The molecule has 0 amide bonds. The molecule has 1 atom stereocenters. The van der Waals surface area contributed by atoms with Crippen LogP contribution in [0.25, 0.3) is 0 Å². The Morgan fingerprint density at radius 2 is 1.74 bits per heavy atom. The lowest BCUT2D eigenvalue weighted by atomic mass is 9.92. The number of benzene rings is 2. The monoisotopic (exact) mass is 385 g/mol. The number of nitrogens with two attached hydrogens (primary N) is 1. The summed E-state index contributed by atoms with van der Waals surface area (Å²) in [5.74, 6) is -0.0315. The Kier molecular flexibility index (Phi) is 5.13. The smallest absolute Gasteiger partial charge is 0.123 e. The average Bonchev–Trinajstić information content (AvgIpc) is 2.41. The molecule has 0 aromatic heterocycles. The van der Waals surface area contributed by atoms with Crippen LogP contribution in [0.5, 0.6) is 0 Å². The third-order valence-electron chi connectivity index (χ3n) is 3.10. The van der Waals surface area contributed by atoms with E-state index in [0.29, 0.717) is 6.54 Å². The van der Waals surface area contributed by atoms with Crippen LogP contribution in [0.3, 0.4) is 0 Å². The summed E-state index contributed by atoms with van der Waals surface area (Å²) in [6, 6.07) is 12.8. The minimum Gasteiger partial charge on any atom is -0.330 e. The van der Waals surface area contributed by atoms with Crippen LogP contribution in [0.4, 0.5) is 4.39 Å². The van der Waals surface area contributed by atoms with E-state index in [2.05, 4.69) is 44.0 Å². The highest BCUT2D eigenvalue weighted by molar-refractivity contribution is 9.10. The summed E-state index contributed by atoms with van der Waals surface area (Å²) >= 11 is 6.87. The van der Waals surface area contributed by atoms with Crippen molar-refractivity contribution >= 4 is 31.9 Å². The molecular formula is C15H14Br2FN. The van der Waals surface area contributed by atoms with Gasteiger partial charge in [-0.05, 0) is 54.4 Å². The highest BCUT2D eigenvalue weighted by Crippen LogP contribution is 2.26. The fraction of sp³-hybridized carbons (Fsp3) is 0.200. The van der Waals surface area contributed by atoms with Crippen molar-refractivity contribution in [3.8, 4) is 0 Å². The Morgan fingerprint density at radius 1 is 1.05 bits per heavy atom. The van der Waals surface area contributed by atoms with Gasteiger partial charge in [0.2, 0.25) is 0 Å². The standard InChI is InChI=1S/C15H14Br2FN/c16-13-3-1-10(2-4-13)12(9-19)7-11-8-14(18)5-6-15(11)17/h1-6,8,12H,7,9,19H2. The molecule has 0 aliphatic heterocycles. The Hall–Kier alpha value is -0.710. The predicted molar refractivity (Wildman–Crippen MR) is 83.7 cm³/mol. The fourth-order valence-electron chi connectivity index (χ4n) is 2.04. The quantitative estimate of drug-likeness (QED) is 0.813. The number of hydrogen-bond donors (Lipinski definition) is 1. The summed E-state index contributed by atoms with van der Waals surface area (Å²) in [6.45, 7) is 0.532. The highest BCUT2D eigenvalue weighted by atomic mass is 79.9. The molecule has 2 N–H and O–H groups in total. The van der Waals surface area contributed by atoms with E-state index in [-0.39, 0.29) is 11.7 Å². The molecule has 0 saturated heterocycles. The number of rotatable bonds is 4. The highest BCUT2D eigenvalue weighted by Gasteiger charge is 2.13. The predicted octanol–water partition coefficient (Wildman–Crippen LogP) is 4.64. The van der Waals surface area contributed by atoms with Crippen molar-refractivity contribution in [3.63, 3.8) is 0 Å². The van der Waals surface area contributed by atoms with Gasteiger partial charge in [-0.15, -0.1) is 0 Å². The zero-order valence-corrected chi connectivity index (χ0v) is 13.4. The van der Waals surface area contributed by atoms with E-state index in [4.69, 9.17) is 5.73 Å². The van der Waals surface area contributed by atoms with Crippen LogP contribution < -0.4 is 5.73 Å². The molecule has 0 saturated carbocycles. The third-order valence-corrected chi connectivity index (χ3v) is 4.40. The first-order chi connectivity index (χ1) is 9.10. The molecule has 4 heteroatoms. The van der Waals surface area contributed by atoms with Crippen LogP contribution in [0.1, 0.15) is 17.0 Å². The molecular weight excluding hydrogens is 373 g/mol. The first-order valence-electron chi connectivity index (χ1n) is 5.99. The van der Waals surface area contributed by atoms with Crippen molar-refractivity contribution < 1.29 is 4.39 Å². The Morgan fingerprint density at radius 3 is 2.37 bits per heavy atom. The van der Waals surface area contributed by atoms with Gasteiger partial charge in [0.1, 0.15) is 5.82 Å². The molecule has 1 nitrogen and oxygen atoms in total. The summed E-state index contributed by atoms with van der Waals surface area (Å²) in [7, 11) is 0. The van der Waals surface area contributed by atoms with Gasteiger partial charge in [-0.2, -0.15) is 0 Å². The van der Waals surface area contributed by atoms with Gasteiger partial charge >= 0.3 is 0 Å². The maximum Gasteiger partial charge on any atom is 0.123 e. The minimum atomic E-state index is -0.218. The largest absolute Gasteiger partial charge is 0.330 e. The van der Waals surface area contributed by atoms with Crippen molar-refractivity contribution in [2.45, 2.75) is 12.3 Å². The van der Waals surface area contributed by atoms with Gasteiger partial charge in [0, 0.05) is 14.9 Å². The van der Waals surface area contributed by atoms with Gasteiger partial charge < -0.3 is 5.73 Å². The molecule has 0 radical (unpaired) electrons. The topological polar surface area (TPSA) is 26.0 Å². The second kappa shape index (κ2) is 6.64. The summed E-state index contributed by atoms with van der Waals surface area (Å²) in [5, 5.41) is 0. The van der Waals surface area contributed by atoms with Crippen molar-refractivity contribution in [1.29, 1.82) is 0 Å². The lowest BCUT2D eigenvalue weighted by molar-refractivity contribution is 0.620. The molecule has 19 heavy (non-hydrogen) atoms. The molecule has 100 valence electrons. The maximum atomic E-state index is 13.3. The van der Waals surface area contributed by atoms with E-state index >= 15 is 0 Å². The molecule has 0 aliphatic rings. The maximum absolute atomic E-state index is 13.3. The van der Waals surface area contributed by atoms with Crippen molar-refractivity contribution in [1.82, 2.24) is 0 Å². The summed E-state index contributed by atoms with van der Waals surface area (Å²) < 4.78 is 15.3. The van der Waals surface area contributed by atoms with Gasteiger partial charge in [-0.25, -0.2) is 4.39 Å². The van der Waals surface area contributed by atoms with Crippen LogP contribution in [-0.4, -0.2) is 6.54 Å². The summed E-state index contributed by atoms with van der Waals surface area (Å²) in [6.07, 6.45) is 0.719. The number of halogens is 3. The molecule has 0 fully saturated rings.